The molecule has 0 aliphatic heterocycles. The molecule has 0 unspecified atom stereocenters. The number of hydrogen-bond donors (Lipinski definition) is 1. The van der Waals surface area contributed by atoms with Gasteiger partial charge < -0.3 is 14.7 Å². The minimum Gasteiger partial charge on any atom is -0.395 e. The lowest BCUT2D eigenvalue weighted by atomic mass is 10.4. The van der Waals surface area contributed by atoms with Crippen molar-refractivity contribution in [2.75, 3.05) is 32.2 Å². The van der Waals surface area contributed by atoms with Crippen molar-refractivity contribution >= 4 is 17.4 Å². The van der Waals surface area contributed by atoms with Crippen LogP contribution in [0.15, 0.2) is 6.07 Å². The first-order chi connectivity index (χ1) is 7.17. The molecule has 0 saturated carbocycles. The molecular formula is C9H14ClN3O2. The molecule has 1 aromatic rings. The van der Waals surface area contributed by atoms with Gasteiger partial charge in [0.2, 0.25) is 0 Å². The van der Waals surface area contributed by atoms with Gasteiger partial charge in [0.25, 0.3) is 0 Å². The second-order valence-electron chi connectivity index (χ2n) is 3.04. The fourth-order valence-corrected chi connectivity index (χ4v) is 1.30. The maximum atomic E-state index is 8.80. The lowest BCUT2D eigenvalue weighted by Gasteiger charge is -2.17. The molecule has 0 amide bonds. The average molecular weight is 232 g/mol. The van der Waals surface area contributed by atoms with Crippen LogP contribution in [0.4, 0.5) is 5.82 Å². The summed E-state index contributed by atoms with van der Waals surface area (Å²) in [5, 5.41) is 9.17. The van der Waals surface area contributed by atoms with Gasteiger partial charge in [-0.2, -0.15) is 0 Å². The number of hydrogen-bond acceptors (Lipinski definition) is 5. The number of aliphatic hydroxyl groups is 1. The monoisotopic (exact) mass is 231 g/mol. The first-order valence-electron chi connectivity index (χ1n) is 4.51. The molecule has 0 radical (unpaired) electrons. The lowest BCUT2D eigenvalue weighted by Crippen LogP contribution is -2.22. The smallest absolute Gasteiger partial charge is 0.158 e. The van der Waals surface area contributed by atoms with Gasteiger partial charge in [-0.25, -0.2) is 9.97 Å². The Hall–Kier alpha value is -0.910. The molecule has 84 valence electrons. The van der Waals surface area contributed by atoms with Crippen molar-refractivity contribution in [3.05, 3.63) is 17.0 Å². The second kappa shape index (κ2) is 5.85. The maximum absolute atomic E-state index is 8.80. The molecule has 0 atom stereocenters. The minimum absolute atomic E-state index is 0.0672. The zero-order chi connectivity index (χ0) is 11.3. The Labute approximate surface area is 93.7 Å². The van der Waals surface area contributed by atoms with Crippen LogP contribution in [0.2, 0.25) is 5.15 Å². The predicted molar refractivity (Wildman–Crippen MR) is 58.1 cm³/mol. The minimum atomic E-state index is 0.0672. The molecule has 0 fully saturated rings. The highest BCUT2D eigenvalue weighted by molar-refractivity contribution is 6.29. The normalized spacial score (nSPS) is 10.4. The number of anilines is 1. The van der Waals surface area contributed by atoms with E-state index >= 15 is 0 Å². The fourth-order valence-electron chi connectivity index (χ4n) is 1.11. The molecule has 1 rings (SSSR count). The summed E-state index contributed by atoms with van der Waals surface area (Å²) in [6.07, 6.45) is 0. The third kappa shape index (κ3) is 3.62. The number of nitrogens with zero attached hydrogens (tertiary/aromatic N) is 3. The van der Waals surface area contributed by atoms with E-state index in [9.17, 15) is 0 Å². The number of aromatic nitrogens is 2. The molecule has 0 aliphatic rings. The standard InChI is InChI=1S/C9H14ClN3O2/c1-13(3-4-14)9-5-7(10)11-8(12-9)6-15-2/h5,14H,3-4,6H2,1-2H3. The van der Waals surface area contributed by atoms with E-state index in [-0.39, 0.29) is 6.61 Å². The summed E-state index contributed by atoms with van der Waals surface area (Å²) >= 11 is 5.83. The van der Waals surface area contributed by atoms with Crippen molar-refractivity contribution in [1.29, 1.82) is 0 Å². The number of halogens is 1. The van der Waals surface area contributed by atoms with Crippen molar-refractivity contribution < 1.29 is 9.84 Å². The van der Waals surface area contributed by atoms with Crippen molar-refractivity contribution in [3.63, 3.8) is 0 Å². The second-order valence-corrected chi connectivity index (χ2v) is 3.43. The summed E-state index contributed by atoms with van der Waals surface area (Å²) in [5.74, 6) is 1.21. The van der Waals surface area contributed by atoms with Crippen LogP contribution in [0.3, 0.4) is 0 Å². The third-order valence-corrected chi connectivity index (χ3v) is 2.02. The average Bonchev–Trinajstić information content (AvgIpc) is 2.17. The van der Waals surface area contributed by atoms with Gasteiger partial charge in [-0.15, -0.1) is 0 Å². The maximum Gasteiger partial charge on any atom is 0.158 e. The molecule has 0 spiro atoms. The first-order valence-corrected chi connectivity index (χ1v) is 4.89. The number of ether oxygens (including phenoxy) is 1. The zero-order valence-electron chi connectivity index (χ0n) is 8.77. The van der Waals surface area contributed by atoms with Gasteiger partial charge in [0, 0.05) is 26.8 Å². The topological polar surface area (TPSA) is 58.5 Å². The summed E-state index contributed by atoms with van der Waals surface area (Å²) in [7, 11) is 3.40. The number of methoxy groups -OCH3 is 1. The van der Waals surface area contributed by atoms with Gasteiger partial charge in [-0.1, -0.05) is 11.6 Å². The van der Waals surface area contributed by atoms with Crippen LogP contribution < -0.4 is 4.90 Å². The molecule has 1 N–H and O–H groups in total. The van der Waals surface area contributed by atoms with Crippen LogP contribution in [0.25, 0.3) is 0 Å². The van der Waals surface area contributed by atoms with Crippen molar-refractivity contribution in [3.8, 4) is 0 Å². The molecule has 1 aromatic heterocycles. The van der Waals surface area contributed by atoms with Gasteiger partial charge in [0.15, 0.2) is 5.82 Å². The molecule has 0 aromatic carbocycles. The van der Waals surface area contributed by atoms with E-state index in [1.807, 2.05) is 7.05 Å². The van der Waals surface area contributed by atoms with E-state index in [2.05, 4.69) is 9.97 Å². The predicted octanol–water partition coefficient (Wildman–Crippen LogP) is 0.705. The summed E-state index contributed by atoms with van der Waals surface area (Å²) in [6.45, 7) is 0.887. The molecule has 15 heavy (non-hydrogen) atoms. The number of aliphatic hydroxyl groups excluding tert-OH is 1. The van der Waals surface area contributed by atoms with Crippen LogP contribution in [0, 0.1) is 0 Å². The molecule has 0 saturated heterocycles. The van der Waals surface area contributed by atoms with Gasteiger partial charge in [0.1, 0.15) is 17.6 Å². The van der Waals surface area contributed by atoms with E-state index in [0.29, 0.717) is 29.9 Å². The van der Waals surface area contributed by atoms with Crippen molar-refractivity contribution in [1.82, 2.24) is 9.97 Å². The zero-order valence-corrected chi connectivity index (χ0v) is 9.53. The Morgan fingerprint density at radius 2 is 2.27 bits per heavy atom. The van der Waals surface area contributed by atoms with E-state index in [4.69, 9.17) is 21.4 Å². The van der Waals surface area contributed by atoms with E-state index in [1.54, 1.807) is 18.1 Å². The van der Waals surface area contributed by atoms with Crippen LogP contribution in [0.1, 0.15) is 5.82 Å². The van der Waals surface area contributed by atoms with Gasteiger partial charge in [0.05, 0.1) is 6.61 Å². The summed E-state index contributed by atoms with van der Waals surface area (Å²) in [5.41, 5.74) is 0. The third-order valence-electron chi connectivity index (χ3n) is 1.83. The summed E-state index contributed by atoms with van der Waals surface area (Å²) in [6, 6.07) is 1.65. The van der Waals surface area contributed by atoms with Crippen LogP contribution >= 0.6 is 11.6 Å². The van der Waals surface area contributed by atoms with E-state index in [1.165, 1.54) is 0 Å². The number of rotatable bonds is 5. The Morgan fingerprint density at radius 3 is 2.87 bits per heavy atom. The molecule has 5 nitrogen and oxygen atoms in total. The number of likely N-dealkylation sites (N-methyl/N-ethyl adjacent to an activating group) is 1. The highest BCUT2D eigenvalue weighted by Gasteiger charge is 2.06. The van der Waals surface area contributed by atoms with Gasteiger partial charge >= 0.3 is 0 Å². The van der Waals surface area contributed by atoms with E-state index < -0.39 is 0 Å². The van der Waals surface area contributed by atoms with Crippen molar-refractivity contribution in [2.24, 2.45) is 0 Å². The van der Waals surface area contributed by atoms with Gasteiger partial charge in [-0.05, 0) is 0 Å². The summed E-state index contributed by atoms with van der Waals surface area (Å²) in [4.78, 5) is 10.0. The highest BCUT2D eigenvalue weighted by atomic mass is 35.5. The Morgan fingerprint density at radius 1 is 1.53 bits per heavy atom. The molecule has 0 aliphatic carbocycles. The van der Waals surface area contributed by atoms with Crippen LogP contribution in [-0.4, -0.2) is 42.4 Å². The van der Waals surface area contributed by atoms with Crippen LogP contribution in [-0.2, 0) is 11.3 Å². The first kappa shape index (κ1) is 12.2. The molecule has 0 bridgehead atoms. The SMILES string of the molecule is COCc1nc(Cl)cc(N(C)CCO)n1. The van der Waals surface area contributed by atoms with E-state index in [0.717, 1.165) is 0 Å². The summed E-state index contributed by atoms with van der Waals surface area (Å²) < 4.78 is 4.93. The molecular weight excluding hydrogens is 218 g/mol. The largest absolute Gasteiger partial charge is 0.395 e. The Kier molecular flexibility index (Phi) is 4.74. The van der Waals surface area contributed by atoms with Crippen molar-refractivity contribution in [2.45, 2.75) is 6.61 Å². The highest BCUT2D eigenvalue weighted by Crippen LogP contribution is 2.14. The Balaban J connectivity index is 2.87. The van der Waals surface area contributed by atoms with Gasteiger partial charge in [-0.3, -0.25) is 0 Å². The fraction of sp³-hybridized carbons (Fsp3) is 0.556. The molecule has 6 heteroatoms. The lowest BCUT2D eigenvalue weighted by molar-refractivity contribution is 0.178. The molecule has 1 heterocycles. The van der Waals surface area contributed by atoms with Crippen LogP contribution in [0.5, 0.6) is 0 Å². The quantitative estimate of drug-likeness (QED) is 0.757. The Bertz CT molecular complexity index is 322.